The predicted molar refractivity (Wildman–Crippen MR) is 93.4 cm³/mol. The van der Waals surface area contributed by atoms with E-state index in [1.807, 2.05) is 13.0 Å². The first-order valence-corrected chi connectivity index (χ1v) is 8.81. The second-order valence-electron chi connectivity index (χ2n) is 5.79. The molecule has 26 heavy (non-hydrogen) atoms. The average Bonchev–Trinajstić information content (AvgIpc) is 3.21. The number of nitrogens with zero attached hydrogens (tertiary/aromatic N) is 1. The molecule has 3 rings (SSSR count). The molecule has 0 aliphatic carbocycles. The number of carbonyl (C=O) groups is 2. The molecule has 1 aliphatic heterocycles. The molecule has 2 aromatic rings. The van der Waals surface area contributed by atoms with Crippen molar-refractivity contribution in [1.29, 1.82) is 0 Å². The molecular formula is C17H18N2O6S. The monoisotopic (exact) mass is 378 g/mol. The minimum Gasteiger partial charge on any atom is -0.454 e. The lowest BCUT2D eigenvalue weighted by atomic mass is 10.1. The molecular weight excluding hydrogens is 360 g/mol. The Kier molecular flexibility index (Phi) is 5.27. The first-order valence-electron chi connectivity index (χ1n) is 7.93. The van der Waals surface area contributed by atoms with Gasteiger partial charge in [-0.15, -0.1) is 0 Å². The summed E-state index contributed by atoms with van der Waals surface area (Å²) in [6.45, 7) is 3.10. The normalized spacial score (nSPS) is 13.3. The molecule has 1 aromatic carbocycles. The summed E-state index contributed by atoms with van der Waals surface area (Å²) < 4.78 is 16.8. The van der Waals surface area contributed by atoms with Crippen molar-refractivity contribution in [3.05, 3.63) is 44.5 Å². The fourth-order valence-corrected chi connectivity index (χ4v) is 3.20. The van der Waals surface area contributed by atoms with E-state index < -0.39 is 18.5 Å². The van der Waals surface area contributed by atoms with Gasteiger partial charge in [-0.3, -0.25) is 19.0 Å². The van der Waals surface area contributed by atoms with Crippen LogP contribution in [0.2, 0.25) is 0 Å². The van der Waals surface area contributed by atoms with Crippen LogP contribution in [0.25, 0.3) is 0 Å². The minimum atomic E-state index is -0.639. The third kappa shape index (κ3) is 4.05. The van der Waals surface area contributed by atoms with E-state index in [0.29, 0.717) is 17.2 Å². The second-order valence-corrected chi connectivity index (χ2v) is 6.61. The maximum atomic E-state index is 12.0. The van der Waals surface area contributed by atoms with Gasteiger partial charge < -0.3 is 19.5 Å². The number of esters is 1. The number of fused-ring (bicyclic) bond motifs is 1. The zero-order valence-corrected chi connectivity index (χ0v) is 15.1. The van der Waals surface area contributed by atoms with Crippen LogP contribution in [0.1, 0.15) is 24.2 Å². The Balaban J connectivity index is 1.49. The van der Waals surface area contributed by atoms with Gasteiger partial charge in [0.1, 0.15) is 6.54 Å². The van der Waals surface area contributed by atoms with Crippen LogP contribution in [0.15, 0.2) is 28.4 Å². The highest BCUT2D eigenvalue weighted by molar-refractivity contribution is 7.07. The summed E-state index contributed by atoms with van der Waals surface area (Å²) in [6, 6.07) is 5.11. The SMILES string of the molecule is Cc1csc(=O)n1CC(=O)OCC(=O)N[C@H](C)c1ccc2c(c1)OCO2. The molecule has 0 spiro atoms. The van der Waals surface area contributed by atoms with Crippen LogP contribution < -0.4 is 19.7 Å². The maximum absolute atomic E-state index is 12.0. The van der Waals surface area contributed by atoms with Gasteiger partial charge in [-0.2, -0.15) is 0 Å². The molecule has 1 aromatic heterocycles. The summed E-state index contributed by atoms with van der Waals surface area (Å²) in [4.78, 5) is 35.1. The third-order valence-corrected chi connectivity index (χ3v) is 4.78. The summed E-state index contributed by atoms with van der Waals surface area (Å²) in [7, 11) is 0. The number of thiazole rings is 1. The van der Waals surface area contributed by atoms with Crippen molar-refractivity contribution in [2.75, 3.05) is 13.4 Å². The number of rotatable bonds is 6. The second kappa shape index (κ2) is 7.61. The lowest BCUT2D eigenvalue weighted by Gasteiger charge is -2.15. The van der Waals surface area contributed by atoms with Crippen LogP contribution in [0.4, 0.5) is 0 Å². The number of carbonyl (C=O) groups excluding carboxylic acids is 2. The smallest absolute Gasteiger partial charge is 0.326 e. The number of ether oxygens (including phenoxy) is 3. The minimum absolute atomic E-state index is 0.183. The van der Waals surface area contributed by atoms with Gasteiger partial charge in [0.05, 0.1) is 6.04 Å². The molecule has 0 fully saturated rings. The Morgan fingerprint density at radius 3 is 2.85 bits per heavy atom. The summed E-state index contributed by atoms with van der Waals surface area (Å²) in [6.07, 6.45) is 0. The van der Waals surface area contributed by atoms with Crippen molar-refractivity contribution >= 4 is 23.2 Å². The molecule has 0 radical (unpaired) electrons. The number of aromatic nitrogens is 1. The molecule has 9 heteroatoms. The Bertz CT molecular complexity index is 888. The lowest BCUT2D eigenvalue weighted by molar-refractivity contribution is -0.149. The Morgan fingerprint density at radius 2 is 2.12 bits per heavy atom. The van der Waals surface area contributed by atoms with E-state index in [4.69, 9.17) is 14.2 Å². The number of hydrogen-bond donors (Lipinski definition) is 1. The average molecular weight is 378 g/mol. The van der Waals surface area contributed by atoms with Gasteiger partial charge in [-0.25, -0.2) is 0 Å². The number of amides is 1. The fourth-order valence-electron chi connectivity index (χ4n) is 2.47. The summed E-state index contributed by atoms with van der Waals surface area (Å²) in [5.74, 6) is 0.226. The van der Waals surface area contributed by atoms with Crippen molar-refractivity contribution in [3.63, 3.8) is 0 Å². The van der Waals surface area contributed by atoms with Gasteiger partial charge in [-0.05, 0) is 31.5 Å². The highest BCUT2D eigenvalue weighted by Crippen LogP contribution is 2.34. The molecule has 1 atom stereocenters. The molecule has 0 bridgehead atoms. The quantitative estimate of drug-likeness (QED) is 0.763. The highest BCUT2D eigenvalue weighted by atomic mass is 32.1. The van der Waals surface area contributed by atoms with Gasteiger partial charge in [0.15, 0.2) is 18.1 Å². The summed E-state index contributed by atoms with van der Waals surface area (Å²) in [5.41, 5.74) is 1.52. The third-order valence-electron chi connectivity index (χ3n) is 3.90. The summed E-state index contributed by atoms with van der Waals surface area (Å²) in [5, 5.41) is 4.41. The van der Waals surface area contributed by atoms with Crippen LogP contribution >= 0.6 is 11.3 Å². The van der Waals surface area contributed by atoms with E-state index in [1.54, 1.807) is 24.4 Å². The molecule has 0 unspecified atom stereocenters. The molecule has 1 aliphatic rings. The first-order chi connectivity index (χ1) is 12.4. The van der Waals surface area contributed by atoms with Gasteiger partial charge >= 0.3 is 10.8 Å². The topological polar surface area (TPSA) is 95.9 Å². The van der Waals surface area contributed by atoms with Crippen molar-refractivity contribution < 1.29 is 23.8 Å². The predicted octanol–water partition coefficient (Wildman–Crippen LogP) is 1.37. The van der Waals surface area contributed by atoms with Crippen LogP contribution in [-0.2, 0) is 20.9 Å². The molecule has 1 amide bonds. The molecule has 0 saturated heterocycles. The standard InChI is InChI=1S/C17H18N2O6S/c1-10-8-26-17(22)19(10)6-16(21)23-7-15(20)18-11(2)12-3-4-13-14(5-12)25-9-24-13/h3-5,8,11H,6-7,9H2,1-2H3,(H,18,20)/t11-/m1/s1. The van der Waals surface area contributed by atoms with Crippen LogP contribution in [0.5, 0.6) is 11.5 Å². The zero-order chi connectivity index (χ0) is 18.7. The van der Waals surface area contributed by atoms with E-state index in [-0.39, 0.29) is 24.3 Å². The van der Waals surface area contributed by atoms with E-state index >= 15 is 0 Å². The van der Waals surface area contributed by atoms with Gasteiger partial charge in [0, 0.05) is 11.1 Å². The molecule has 2 heterocycles. The number of aryl methyl sites for hydroxylation is 1. The largest absolute Gasteiger partial charge is 0.454 e. The Labute approximate surface area is 153 Å². The Morgan fingerprint density at radius 1 is 1.35 bits per heavy atom. The highest BCUT2D eigenvalue weighted by Gasteiger charge is 2.18. The van der Waals surface area contributed by atoms with Crippen LogP contribution in [0.3, 0.4) is 0 Å². The van der Waals surface area contributed by atoms with E-state index in [0.717, 1.165) is 16.9 Å². The summed E-state index contributed by atoms with van der Waals surface area (Å²) >= 11 is 1.01. The first kappa shape index (κ1) is 18.0. The molecule has 138 valence electrons. The van der Waals surface area contributed by atoms with Crippen molar-refractivity contribution in [3.8, 4) is 11.5 Å². The van der Waals surface area contributed by atoms with Gasteiger partial charge in [-0.1, -0.05) is 17.4 Å². The molecule has 8 nitrogen and oxygen atoms in total. The fraction of sp³-hybridized carbons (Fsp3) is 0.353. The van der Waals surface area contributed by atoms with Crippen molar-refractivity contribution in [1.82, 2.24) is 9.88 Å². The number of nitrogens with one attached hydrogen (secondary N) is 1. The van der Waals surface area contributed by atoms with E-state index in [9.17, 15) is 14.4 Å². The zero-order valence-electron chi connectivity index (χ0n) is 14.3. The van der Waals surface area contributed by atoms with Crippen LogP contribution in [-0.4, -0.2) is 29.8 Å². The van der Waals surface area contributed by atoms with E-state index in [1.165, 1.54) is 4.57 Å². The number of hydrogen-bond acceptors (Lipinski definition) is 7. The van der Waals surface area contributed by atoms with E-state index in [2.05, 4.69) is 5.32 Å². The Hall–Kier alpha value is -2.81. The lowest BCUT2D eigenvalue weighted by Crippen LogP contribution is -2.32. The maximum Gasteiger partial charge on any atom is 0.326 e. The van der Waals surface area contributed by atoms with Gasteiger partial charge in [0.25, 0.3) is 5.91 Å². The van der Waals surface area contributed by atoms with Crippen LogP contribution in [0, 0.1) is 6.92 Å². The number of benzene rings is 1. The van der Waals surface area contributed by atoms with Crippen molar-refractivity contribution in [2.24, 2.45) is 0 Å². The van der Waals surface area contributed by atoms with Gasteiger partial charge in [0.2, 0.25) is 6.79 Å². The van der Waals surface area contributed by atoms with Crippen molar-refractivity contribution in [2.45, 2.75) is 26.4 Å². The molecule has 1 N–H and O–H groups in total. The molecule has 0 saturated carbocycles.